The SMILES string of the molecule is CCC(CO)(CO)CO.CCCCC(CC)CO.CCCCC(CC)CO.CCCCC(CC)CO. The number of hydrogen-bond donors (Lipinski definition) is 6. The Morgan fingerprint density at radius 1 is 0.444 bits per heavy atom. The van der Waals surface area contributed by atoms with E-state index in [4.69, 9.17) is 30.6 Å². The molecule has 0 rings (SSSR count). The summed E-state index contributed by atoms with van der Waals surface area (Å²) >= 11 is 0. The second kappa shape index (κ2) is 34.8. The van der Waals surface area contributed by atoms with E-state index in [-0.39, 0.29) is 19.8 Å². The summed E-state index contributed by atoms with van der Waals surface area (Å²) in [5.41, 5.74) is -0.667. The van der Waals surface area contributed by atoms with Gasteiger partial charge in [0.15, 0.2) is 0 Å². The average Bonchev–Trinajstić information content (AvgIpc) is 2.93. The maximum absolute atomic E-state index is 8.75. The maximum atomic E-state index is 8.75. The highest BCUT2D eigenvalue weighted by Gasteiger charge is 2.24. The van der Waals surface area contributed by atoms with Gasteiger partial charge in [0.05, 0.1) is 19.8 Å². The van der Waals surface area contributed by atoms with Crippen molar-refractivity contribution in [3.8, 4) is 0 Å². The minimum Gasteiger partial charge on any atom is -0.396 e. The second-order valence-electron chi connectivity index (χ2n) is 10.1. The zero-order valence-electron chi connectivity index (χ0n) is 25.4. The van der Waals surface area contributed by atoms with E-state index in [2.05, 4.69) is 41.5 Å². The van der Waals surface area contributed by atoms with Gasteiger partial charge in [0.1, 0.15) is 0 Å². The van der Waals surface area contributed by atoms with E-state index in [1.165, 1.54) is 57.8 Å². The van der Waals surface area contributed by atoms with Crippen molar-refractivity contribution in [1.82, 2.24) is 0 Å². The van der Waals surface area contributed by atoms with Crippen LogP contribution in [0.25, 0.3) is 0 Å². The van der Waals surface area contributed by atoms with Crippen LogP contribution in [-0.2, 0) is 0 Å². The van der Waals surface area contributed by atoms with Crippen LogP contribution in [0.15, 0.2) is 0 Å². The molecule has 0 bridgehead atoms. The maximum Gasteiger partial charge on any atom is 0.0531 e. The molecular formula is C30H68O6. The van der Waals surface area contributed by atoms with Crippen molar-refractivity contribution in [3.63, 3.8) is 0 Å². The molecule has 0 aliphatic carbocycles. The normalized spacial score (nSPS) is 13.2. The fourth-order valence-electron chi connectivity index (χ4n) is 3.24. The third-order valence-corrected chi connectivity index (χ3v) is 7.16. The summed E-state index contributed by atoms with van der Waals surface area (Å²) in [6.45, 7) is 15.4. The van der Waals surface area contributed by atoms with Gasteiger partial charge in [0.25, 0.3) is 0 Å². The van der Waals surface area contributed by atoms with Crippen LogP contribution in [0.1, 0.15) is 132 Å². The molecule has 0 aliphatic heterocycles. The lowest BCUT2D eigenvalue weighted by Crippen LogP contribution is -2.32. The van der Waals surface area contributed by atoms with Crippen molar-refractivity contribution in [2.75, 3.05) is 39.6 Å². The molecule has 36 heavy (non-hydrogen) atoms. The highest BCUT2D eigenvalue weighted by Crippen LogP contribution is 2.18. The topological polar surface area (TPSA) is 121 Å². The van der Waals surface area contributed by atoms with Crippen molar-refractivity contribution >= 4 is 0 Å². The van der Waals surface area contributed by atoms with Gasteiger partial charge < -0.3 is 30.6 Å². The van der Waals surface area contributed by atoms with Gasteiger partial charge in [-0.1, -0.05) is 106 Å². The van der Waals surface area contributed by atoms with Crippen molar-refractivity contribution in [3.05, 3.63) is 0 Å². The molecule has 224 valence electrons. The molecule has 0 aromatic carbocycles. The predicted octanol–water partition coefficient (Wildman–Crippen LogP) is 5.95. The highest BCUT2D eigenvalue weighted by molar-refractivity contribution is 4.74. The van der Waals surface area contributed by atoms with Gasteiger partial charge in [-0.15, -0.1) is 0 Å². The lowest BCUT2D eigenvalue weighted by molar-refractivity contribution is 0.00304. The summed E-state index contributed by atoms with van der Waals surface area (Å²) < 4.78 is 0. The summed E-state index contributed by atoms with van der Waals surface area (Å²) in [4.78, 5) is 0. The van der Waals surface area contributed by atoms with Crippen molar-refractivity contribution < 1.29 is 30.6 Å². The predicted molar refractivity (Wildman–Crippen MR) is 155 cm³/mol. The number of rotatable bonds is 19. The summed E-state index contributed by atoms with van der Waals surface area (Å²) in [6.07, 6.45) is 15.1. The molecule has 6 heteroatoms. The molecular weight excluding hydrogens is 456 g/mol. The van der Waals surface area contributed by atoms with Gasteiger partial charge in [-0.05, 0) is 43.4 Å². The molecule has 0 heterocycles. The Kier molecular flexibility index (Phi) is 41.4. The van der Waals surface area contributed by atoms with E-state index in [1.54, 1.807) is 0 Å². The van der Waals surface area contributed by atoms with Crippen LogP contribution < -0.4 is 0 Å². The highest BCUT2D eigenvalue weighted by atomic mass is 16.3. The first-order valence-electron chi connectivity index (χ1n) is 14.9. The summed E-state index contributed by atoms with van der Waals surface area (Å²) in [6, 6.07) is 0. The van der Waals surface area contributed by atoms with Gasteiger partial charge in [0, 0.05) is 25.2 Å². The van der Waals surface area contributed by atoms with Gasteiger partial charge in [-0.3, -0.25) is 0 Å². The van der Waals surface area contributed by atoms with Crippen molar-refractivity contribution in [1.29, 1.82) is 0 Å². The van der Waals surface area contributed by atoms with Crippen LogP contribution in [0.2, 0.25) is 0 Å². The van der Waals surface area contributed by atoms with Crippen LogP contribution in [0, 0.1) is 23.2 Å². The molecule has 0 fully saturated rings. The fourth-order valence-corrected chi connectivity index (χ4v) is 3.24. The summed E-state index contributed by atoms with van der Waals surface area (Å²) in [5, 5.41) is 52.2. The molecule has 0 aromatic rings. The number of unbranched alkanes of at least 4 members (excludes halogenated alkanes) is 3. The molecule has 0 spiro atoms. The third-order valence-electron chi connectivity index (χ3n) is 7.16. The minimum atomic E-state index is -0.667. The molecule has 0 radical (unpaired) electrons. The van der Waals surface area contributed by atoms with E-state index in [9.17, 15) is 0 Å². The van der Waals surface area contributed by atoms with Crippen LogP contribution in [0.5, 0.6) is 0 Å². The Morgan fingerprint density at radius 2 is 0.694 bits per heavy atom. The lowest BCUT2D eigenvalue weighted by atomic mass is 9.88. The van der Waals surface area contributed by atoms with E-state index in [0.717, 1.165) is 19.3 Å². The molecule has 3 atom stereocenters. The molecule has 0 aliphatic rings. The Bertz CT molecular complexity index is 296. The van der Waals surface area contributed by atoms with Crippen molar-refractivity contribution in [2.45, 2.75) is 132 Å². The second-order valence-corrected chi connectivity index (χ2v) is 10.1. The number of hydrogen-bond acceptors (Lipinski definition) is 6. The monoisotopic (exact) mass is 525 g/mol. The first-order valence-corrected chi connectivity index (χ1v) is 14.9. The Labute approximate surface area is 225 Å². The quantitative estimate of drug-likeness (QED) is 0.124. The van der Waals surface area contributed by atoms with Gasteiger partial charge in [0.2, 0.25) is 0 Å². The van der Waals surface area contributed by atoms with Gasteiger partial charge in [-0.2, -0.15) is 0 Å². The van der Waals surface area contributed by atoms with E-state index in [0.29, 0.717) is 44.0 Å². The summed E-state index contributed by atoms with van der Waals surface area (Å²) in [7, 11) is 0. The molecule has 0 amide bonds. The van der Waals surface area contributed by atoms with Crippen LogP contribution in [0.3, 0.4) is 0 Å². The number of aliphatic hydroxyl groups is 6. The van der Waals surface area contributed by atoms with Crippen LogP contribution in [0.4, 0.5) is 0 Å². The first-order chi connectivity index (χ1) is 17.3. The van der Waals surface area contributed by atoms with Crippen LogP contribution in [-0.4, -0.2) is 70.3 Å². The first kappa shape index (κ1) is 42.8. The fraction of sp³-hybridized carbons (Fsp3) is 1.00. The molecule has 3 unspecified atom stereocenters. The Balaban J connectivity index is -0.000000190. The zero-order valence-corrected chi connectivity index (χ0v) is 25.4. The van der Waals surface area contributed by atoms with Crippen LogP contribution >= 0.6 is 0 Å². The smallest absolute Gasteiger partial charge is 0.0531 e. The van der Waals surface area contributed by atoms with Gasteiger partial charge >= 0.3 is 0 Å². The van der Waals surface area contributed by atoms with Crippen molar-refractivity contribution in [2.24, 2.45) is 23.2 Å². The third kappa shape index (κ3) is 28.3. The average molecular weight is 525 g/mol. The molecule has 0 saturated heterocycles. The van der Waals surface area contributed by atoms with Gasteiger partial charge in [-0.25, -0.2) is 0 Å². The van der Waals surface area contributed by atoms with E-state index >= 15 is 0 Å². The molecule has 6 nitrogen and oxygen atoms in total. The molecule has 6 N–H and O–H groups in total. The Hall–Kier alpha value is -0.240. The Morgan fingerprint density at radius 3 is 0.778 bits per heavy atom. The zero-order chi connectivity index (χ0) is 28.7. The molecule has 0 aromatic heterocycles. The standard InChI is InChI=1S/3C8H18O.C6H14O3/c3*1-3-5-6-8(4-2)7-9;1-2-6(3-7,4-8)5-9/h3*8-9H,3-7H2,1-2H3;7-9H,2-5H2,1H3. The van der Waals surface area contributed by atoms with E-state index in [1.807, 2.05) is 6.92 Å². The molecule has 0 saturated carbocycles. The number of aliphatic hydroxyl groups excluding tert-OH is 6. The van der Waals surface area contributed by atoms with E-state index < -0.39 is 5.41 Å². The lowest BCUT2D eigenvalue weighted by Gasteiger charge is -2.24. The minimum absolute atomic E-state index is 0.156. The largest absolute Gasteiger partial charge is 0.396 e. The summed E-state index contributed by atoms with van der Waals surface area (Å²) in [5.74, 6) is 1.68.